The second kappa shape index (κ2) is 3.32. The van der Waals surface area contributed by atoms with Gasteiger partial charge in [0.15, 0.2) is 0 Å². The van der Waals surface area contributed by atoms with E-state index < -0.39 is 5.67 Å². The number of anilines is 1. The molecule has 0 atom stereocenters. The molecule has 3 heteroatoms. The molecule has 1 N–H and O–H groups in total. The smallest absolute Gasteiger partial charge is 0.128 e. The monoisotopic (exact) mass is 180 g/mol. The minimum atomic E-state index is -0.955. The van der Waals surface area contributed by atoms with Crippen molar-refractivity contribution in [1.29, 1.82) is 0 Å². The summed E-state index contributed by atoms with van der Waals surface area (Å²) in [5, 5.41) is 3.07. The Labute approximate surface area is 77.2 Å². The van der Waals surface area contributed by atoms with Gasteiger partial charge in [-0.15, -0.1) is 0 Å². The van der Waals surface area contributed by atoms with Crippen LogP contribution in [0.5, 0.6) is 0 Å². The maximum Gasteiger partial charge on any atom is 0.128 e. The van der Waals surface area contributed by atoms with Crippen LogP contribution in [0.4, 0.5) is 10.1 Å². The molecule has 0 saturated heterocycles. The number of nitrogens with zero attached hydrogens (tertiary/aromatic N) is 1. The first-order valence-electron chi connectivity index (χ1n) is 4.61. The fourth-order valence-corrected chi connectivity index (χ4v) is 1.47. The third kappa shape index (κ3) is 1.97. The number of alkyl halides is 1. The first-order valence-corrected chi connectivity index (χ1v) is 4.61. The average molecular weight is 180 g/mol. The third-order valence-corrected chi connectivity index (χ3v) is 2.54. The summed E-state index contributed by atoms with van der Waals surface area (Å²) in [6.45, 7) is 0.428. The molecule has 0 amide bonds. The third-order valence-electron chi connectivity index (χ3n) is 2.54. The lowest BCUT2D eigenvalue weighted by atomic mass is 9.82. The lowest BCUT2D eigenvalue weighted by Crippen LogP contribution is -2.39. The lowest BCUT2D eigenvalue weighted by molar-refractivity contribution is 0.0784. The molecule has 0 bridgehead atoms. The van der Waals surface area contributed by atoms with Gasteiger partial charge in [-0.05, 0) is 31.4 Å². The van der Waals surface area contributed by atoms with Gasteiger partial charge < -0.3 is 5.32 Å². The Balaban J connectivity index is 1.86. The van der Waals surface area contributed by atoms with Gasteiger partial charge in [0, 0.05) is 24.6 Å². The summed E-state index contributed by atoms with van der Waals surface area (Å²) in [7, 11) is 0. The van der Waals surface area contributed by atoms with Gasteiger partial charge in [-0.3, -0.25) is 4.98 Å². The molecule has 1 aliphatic carbocycles. The Morgan fingerprint density at radius 2 is 2.08 bits per heavy atom. The van der Waals surface area contributed by atoms with Crippen molar-refractivity contribution in [2.45, 2.75) is 24.9 Å². The van der Waals surface area contributed by atoms with Crippen molar-refractivity contribution in [3.8, 4) is 0 Å². The topological polar surface area (TPSA) is 24.9 Å². The second-order valence-corrected chi connectivity index (χ2v) is 3.59. The molecular formula is C10H13FN2. The zero-order valence-corrected chi connectivity index (χ0v) is 7.46. The molecular weight excluding hydrogens is 167 g/mol. The largest absolute Gasteiger partial charge is 0.382 e. The Kier molecular flexibility index (Phi) is 2.17. The molecule has 0 aromatic carbocycles. The van der Waals surface area contributed by atoms with E-state index in [-0.39, 0.29) is 0 Å². The van der Waals surface area contributed by atoms with Gasteiger partial charge in [0.05, 0.1) is 0 Å². The molecule has 1 fully saturated rings. The number of pyridine rings is 1. The van der Waals surface area contributed by atoms with Gasteiger partial charge in [-0.25, -0.2) is 4.39 Å². The van der Waals surface area contributed by atoms with Crippen molar-refractivity contribution >= 4 is 5.69 Å². The second-order valence-electron chi connectivity index (χ2n) is 3.59. The van der Waals surface area contributed by atoms with Crippen molar-refractivity contribution in [2.24, 2.45) is 0 Å². The molecule has 2 nitrogen and oxygen atoms in total. The van der Waals surface area contributed by atoms with E-state index in [0.29, 0.717) is 19.4 Å². The van der Waals surface area contributed by atoms with E-state index in [0.717, 1.165) is 12.1 Å². The van der Waals surface area contributed by atoms with Gasteiger partial charge in [0.1, 0.15) is 5.67 Å². The average Bonchev–Trinajstić information content (AvgIpc) is 2.13. The summed E-state index contributed by atoms with van der Waals surface area (Å²) >= 11 is 0. The highest BCUT2D eigenvalue weighted by Gasteiger charge is 2.36. The number of hydrogen-bond donors (Lipinski definition) is 1. The first-order chi connectivity index (χ1) is 6.29. The summed E-state index contributed by atoms with van der Waals surface area (Å²) in [5.74, 6) is 0. The van der Waals surface area contributed by atoms with E-state index in [2.05, 4.69) is 10.3 Å². The molecule has 1 heterocycles. The number of hydrogen-bond acceptors (Lipinski definition) is 2. The van der Waals surface area contributed by atoms with Crippen molar-refractivity contribution in [2.75, 3.05) is 11.9 Å². The normalized spacial score (nSPS) is 19.2. The van der Waals surface area contributed by atoms with Crippen LogP contribution in [0.3, 0.4) is 0 Å². The van der Waals surface area contributed by atoms with Crippen LogP contribution in [-0.4, -0.2) is 17.2 Å². The quantitative estimate of drug-likeness (QED) is 0.772. The lowest BCUT2D eigenvalue weighted by Gasteiger charge is -2.34. The Morgan fingerprint density at radius 1 is 1.38 bits per heavy atom. The molecule has 0 aliphatic heterocycles. The number of rotatable bonds is 3. The van der Waals surface area contributed by atoms with Gasteiger partial charge in [-0.2, -0.15) is 0 Å². The van der Waals surface area contributed by atoms with Crippen LogP contribution in [0, 0.1) is 0 Å². The van der Waals surface area contributed by atoms with Crippen LogP contribution < -0.4 is 5.32 Å². The van der Waals surface area contributed by atoms with Crippen LogP contribution in [-0.2, 0) is 0 Å². The first kappa shape index (κ1) is 8.48. The minimum absolute atomic E-state index is 0.428. The SMILES string of the molecule is FC1(CNc2ccncc2)CCC1. The molecule has 2 rings (SSSR count). The fourth-order valence-electron chi connectivity index (χ4n) is 1.47. The van der Waals surface area contributed by atoms with E-state index in [1.54, 1.807) is 12.4 Å². The van der Waals surface area contributed by atoms with Crippen LogP contribution in [0.25, 0.3) is 0 Å². The molecule has 0 spiro atoms. The van der Waals surface area contributed by atoms with Crippen LogP contribution >= 0.6 is 0 Å². The number of nitrogens with one attached hydrogen (secondary N) is 1. The molecule has 1 saturated carbocycles. The standard InChI is InChI=1S/C10H13FN2/c11-10(4-1-5-10)8-13-9-2-6-12-7-3-9/h2-3,6-7H,1,4-5,8H2,(H,12,13). The zero-order valence-electron chi connectivity index (χ0n) is 7.46. The predicted octanol–water partition coefficient (Wildman–Crippen LogP) is 2.39. The summed E-state index contributed by atoms with van der Waals surface area (Å²) in [6, 6.07) is 3.70. The Hall–Kier alpha value is -1.12. The summed E-state index contributed by atoms with van der Waals surface area (Å²) in [4.78, 5) is 3.89. The van der Waals surface area contributed by atoms with Crippen LogP contribution in [0.15, 0.2) is 24.5 Å². The summed E-state index contributed by atoms with van der Waals surface area (Å²) in [6.07, 6.45) is 5.83. The maximum atomic E-state index is 13.5. The zero-order chi connectivity index (χ0) is 9.15. The molecule has 1 aromatic heterocycles. The van der Waals surface area contributed by atoms with Crippen molar-refractivity contribution in [3.63, 3.8) is 0 Å². The molecule has 70 valence electrons. The fraction of sp³-hybridized carbons (Fsp3) is 0.500. The molecule has 0 radical (unpaired) electrons. The van der Waals surface area contributed by atoms with E-state index in [4.69, 9.17) is 0 Å². The van der Waals surface area contributed by atoms with Gasteiger partial charge >= 0.3 is 0 Å². The van der Waals surface area contributed by atoms with E-state index in [9.17, 15) is 4.39 Å². The number of halogens is 1. The highest BCUT2D eigenvalue weighted by atomic mass is 19.1. The van der Waals surface area contributed by atoms with Crippen molar-refractivity contribution in [3.05, 3.63) is 24.5 Å². The molecule has 1 aliphatic rings. The van der Waals surface area contributed by atoms with E-state index in [1.165, 1.54) is 0 Å². The Bertz CT molecular complexity index is 270. The predicted molar refractivity (Wildman–Crippen MR) is 50.4 cm³/mol. The van der Waals surface area contributed by atoms with Crippen molar-refractivity contribution in [1.82, 2.24) is 4.98 Å². The molecule has 13 heavy (non-hydrogen) atoms. The molecule has 1 aromatic rings. The number of aromatic nitrogens is 1. The van der Waals surface area contributed by atoms with Gasteiger partial charge in [0.2, 0.25) is 0 Å². The van der Waals surface area contributed by atoms with E-state index in [1.807, 2.05) is 12.1 Å². The van der Waals surface area contributed by atoms with Gasteiger partial charge in [0.25, 0.3) is 0 Å². The van der Waals surface area contributed by atoms with Crippen molar-refractivity contribution < 1.29 is 4.39 Å². The molecule has 0 unspecified atom stereocenters. The van der Waals surface area contributed by atoms with Gasteiger partial charge in [-0.1, -0.05) is 0 Å². The highest BCUT2D eigenvalue weighted by molar-refractivity contribution is 5.41. The minimum Gasteiger partial charge on any atom is -0.382 e. The summed E-state index contributed by atoms with van der Waals surface area (Å²) < 4.78 is 13.5. The van der Waals surface area contributed by atoms with Crippen LogP contribution in [0.2, 0.25) is 0 Å². The van der Waals surface area contributed by atoms with Crippen LogP contribution in [0.1, 0.15) is 19.3 Å². The maximum absolute atomic E-state index is 13.5. The highest BCUT2D eigenvalue weighted by Crippen LogP contribution is 2.35. The summed E-state index contributed by atoms with van der Waals surface area (Å²) in [5.41, 5.74) is -0.0116. The Morgan fingerprint density at radius 3 is 2.62 bits per heavy atom. The van der Waals surface area contributed by atoms with E-state index >= 15 is 0 Å².